The molecular weight excluding hydrogens is 465 g/mol. The van der Waals surface area contributed by atoms with Crippen LogP contribution in [0.25, 0.3) is 0 Å². The predicted molar refractivity (Wildman–Crippen MR) is 124 cm³/mol. The Kier molecular flexibility index (Phi) is 9.34. The number of halogens is 1. The third kappa shape index (κ3) is 7.67. The predicted octanol–water partition coefficient (Wildman–Crippen LogP) is 3.28. The quantitative estimate of drug-likeness (QED) is 0.355. The minimum absolute atomic E-state index is 0.0339. The molecule has 0 aromatic heterocycles. The van der Waals surface area contributed by atoms with Gasteiger partial charge in [-0.3, -0.25) is 14.9 Å². The second-order valence-electron chi connectivity index (χ2n) is 7.93. The molecule has 2 aromatic carbocycles. The summed E-state index contributed by atoms with van der Waals surface area (Å²) in [7, 11) is -2.48. The Morgan fingerprint density at radius 2 is 1.65 bits per heavy atom. The van der Waals surface area contributed by atoms with Crippen molar-refractivity contribution in [3.63, 3.8) is 0 Å². The molecule has 0 heterocycles. The summed E-state index contributed by atoms with van der Waals surface area (Å²) in [6.07, 6.45) is 1.56. The number of sulfone groups is 1. The normalized spacial score (nSPS) is 12.5. The van der Waals surface area contributed by atoms with Gasteiger partial charge in [-0.05, 0) is 48.5 Å². The molecule has 2 rings (SSSR count). The highest BCUT2D eigenvalue weighted by Crippen LogP contribution is 2.24. The highest BCUT2D eigenvalue weighted by Gasteiger charge is 2.34. The van der Waals surface area contributed by atoms with Gasteiger partial charge < -0.3 is 14.2 Å². The van der Waals surface area contributed by atoms with Crippen molar-refractivity contribution < 1.29 is 36.6 Å². The lowest BCUT2D eigenvalue weighted by atomic mass is 9.84. The van der Waals surface area contributed by atoms with E-state index in [0.717, 1.165) is 0 Å². The van der Waals surface area contributed by atoms with Gasteiger partial charge in [0.05, 0.1) is 24.3 Å². The zero-order valence-electron chi connectivity index (χ0n) is 19.2. The van der Waals surface area contributed by atoms with Crippen LogP contribution in [0.4, 0.5) is 4.39 Å². The van der Waals surface area contributed by atoms with Gasteiger partial charge in [-0.25, -0.2) is 12.8 Å². The maximum atomic E-state index is 13.0. The second-order valence-corrected chi connectivity index (χ2v) is 10.0. The molecule has 0 radical (unpaired) electrons. The molecule has 0 amide bonds. The Morgan fingerprint density at radius 3 is 2.18 bits per heavy atom. The van der Waals surface area contributed by atoms with Crippen molar-refractivity contribution in [3.05, 3.63) is 67.0 Å². The fourth-order valence-corrected chi connectivity index (χ4v) is 3.95. The van der Waals surface area contributed by atoms with Crippen molar-refractivity contribution in [2.45, 2.75) is 24.8 Å². The number of esters is 2. The molecule has 2 aromatic rings. The molecule has 184 valence electrons. The smallest absolute Gasteiger partial charge is 0.323 e. The average Bonchev–Trinajstić information content (AvgIpc) is 2.80. The Balaban J connectivity index is 1.87. The van der Waals surface area contributed by atoms with Gasteiger partial charge >= 0.3 is 11.9 Å². The number of carbonyl (C=O) groups excluding carboxylic acids is 2. The van der Waals surface area contributed by atoms with Gasteiger partial charge in [0.15, 0.2) is 9.84 Å². The van der Waals surface area contributed by atoms with Gasteiger partial charge in [0, 0.05) is 5.41 Å². The summed E-state index contributed by atoms with van der Waals surface area (Å²) in [5, 5.41) is 2.77. The van der Waals surface area contributed by atoms with Gasteiger partial charge in [-0.2, -0.15) is 0 Å². The van der Waals surface area contributed by atoms with Crippen LogP contribution in [0.15, 0.2) is 66.1 Å². The van der Waals surface area contributed by atoms with E-state index in [1.807, 2.05) is 0 Å². The molecule has 0 fully saturated rings. The van der Waals surface area contributed by atoms with Crippen molar-refractivity contribution in [2.24, 2.45) is 5.41 Å². The van der Waals surface area contributed by atoms with Gasteiger partial charge in [0.2, 0.25) is 0 Å². The SMILES string of the molecule is C=CC(C)(C)[C@@H](NCC(=O)OCCS(=O)(=O)c1ccc(Oc2ccc(F)cc2)cc1)C(=O)OC. The first kappa shape index (κ1) is 27.0. The monoisotopic (exact) mass is 493 g/mol. The van der Waals surface area contributed by atoms with Gasteiger partial charge in [-0.1, -0.05) is 19.9 Å². The van der Waals surface area contributed by atoms with E-state index in [2.05, 4.69) is 11.9 Å². The number of hydrogen-bond acceptors (Lipinski definition) is 8. The molecular formula is C24H28FNO7S. The molecule has 34 heavy (non-hydrogen) atoms. The summed E-state index contributed by atoms with van der Waals surface area (Å²) < 4.78 is 53.3. The number of carbonyl (C=O) groups is 2. The Morgan fingerprint density at radius 1 is 1.09 bits per heavy atom. The largest absolute Gasteiger partial charge is 0.468 e. The van der Waals surface area contributed by atoms with E-state index in [0.29, 0.717) is 11.5 Å². The van der Waals surface area contributed by atoms with E-state index < -0.39 is 44.8 Å². The molecule has 0 bridgehead atoms. The summed E-state index contributed by atoms with van der Waals surface area (Å²) in [5.41, 5.74) is -0.691. The lowest BCUT2D eigenvalue weighted by molar-refractivity contribution is -0.146. The summed E-state index contributed by atoms with van der Waals surface area (Å²) in [4.78, 5) is 24.1. The summed E-state index contributed by atoms with van der Waals surface area (Å²) >= 11 is 0. The van der Waals surface area contributed by atoms with Crippen LogP contribution >= 0.6 is 0 Å². The molecule has 0 saturated carbocycles. The van der Waals surface area contributed by atoms with Gasteiger partial charge in [0.25, 0.3) is 0 Å². The lowest BCUT2D eigenvalue weighted by Gasteiger charge is -2.29. The highest BCUT2D eigenvalue weighted by atomic mass is 32.2. The number of rotatable bonds is 12. The zero-order chi connectivity index (χ0) is 25.4. The third-order valence-electron chi connectivity index (χ3n) is 5.00. The minimum atomic E-state index is -3.72. The van der Waals surface area contributed by atoms with Crippen molar-refractivity contribution in [3.8, 4) is 11.5 Å². The molecule has 0 saturated heterocycles. The van der Waals surface area contributed by atoms with Crippen LogP contribution < -0.4 is 10.1 Å². The molecule has 0 unspecified atom stereocenters. The summed E-state index contributed by atoms with van der Waals surface area (Å²) in [6.45, 7) is 6.51. The van der Waals surface area contributed by atoms with Crippen molar-refractivity contribution in [2.75, 3.05) is 26.0 Å². The van der Waals surface area contributed by atoms with Crippen molar-refractivity contribution >= 4 is 21.8 Å². The summed E-state index contributed by atoms with van der Waals surface area (Å²) in [6, 6.07) is 10.3. The molecule has 10 heteroatoms. The lowest BCUT2D eigenvalue weighted by Crippen LogP contribution is -2.49. The molecule has 0 aliphatic carbocycles. The standard InChI is InChI=1S/C24H28FNO7S/c1-5-24(2,3)22(23(28)31-4)26-16-21(27)32-14-15-34(29,30)20-12-10-19(11-13-20)33-18-8-6-17(25)7-9-18/h5-13,22,26H,1,14-16H2,2-4H3/t22-/m0/s1. The van der Waals surface area contributed by atoms with Crippen molar-refractivity contribution in [1.82, 2.24) is 5.32 Å². The Labute approximate surface area is 198 Å². The minimum Gasteiger partial charge on any atom is -0.468 e. The number of methoxy groups -OCH3 is 1. The first-order valence-corrected chi connectivity index (χ1v) is 12.0. The van der Waals surface area contributed by atoms with E-state index >= 15 is 0 Å². The van der Waals surface area contributed by atoms with E-state index in [-0.39, 0.29) is 18.0 Å². The zero-order valence-corrected chi connectivity index (χ0v) is 20.1. The molecule has 1 atom stereocenters. The molecule has 0 aliphatic rings. The first-order chi connectivity index (χ1) is 16.0. The first-order valence-electron chi connectivity index (χ1n) is 10.3. The fraction of sp³-hybridized carbons (Fsp3) is 0.333. The van der Waals surface area contributed by atoms with Crippen LogP contribution in [0.1, 0.15) is 13.8 Å². The molecule has 1 N–H and O–H groups in total. The second kappa shape index (κ2) is 11.8. The summed E-state index contributed by atoms with van der Waals surface area (Å²) in [5.74, 6) is -1.31. The van der Waals surface area contributed by atoms with E-state index in [1.54, 1.807) is 19.9 Å². The maximum Gasteiger partial charge on any atom is 0.323 e. The molecule has 8 nitrogen and oxygen atoms in total. The third-order valence-corrected chi connectivity index (χ3v) is 6.70. The van der Waals surface area contributed by atoms with E-state index in [4.69, 9.17) is 14.2 Å². The number of ether oxygens (including phenoxy) is 3. The topological polar surface area (TPSA) is 108 Å². The van der Waals surface area contributed by atoms with Crippen LogP contribution in [-0.4, -0.2) is 52.4 Å². The molecule has 0 spiro atoms. The number of nitrogens with one attached hydrogen (secondary N) is 1. The Bertz CT molecular complexity index is 1100. The van der Waals surface area contributed by atoms with E-state index in [1.165, 1.54) is 55.6 Å². The fourth-order valence-electron chi connectivity index (χ4n) is 2.86. The van der Waals surface area contributed by atoms with Crippen molar-refractivity contribution in [1.29, 1.82) is 0 Å². The number of hydrogen-bond donors (Lipinski definition) is 1. The number of benzene rings is 2. The van der Waals surface area contributed by atoms with Crippen LogP contribution in [-0.2, 0) is 28.9 Å². The average molecular weight is 494 g/mol. The maximum absolute atomic E-state index is 13.0. The molecule has 0 aliphatic heterocycles. The van der Waals surface area contributed by atoms with Crippen LogP contribution in [0, 0.1) is 11.2 Å². The Hall–Kier alpha value is -3.24. The van der Waals surface area contributed by atoms with Gasteiger partial charge in [-0.15, -0.1) is 6.58 Å². The highest BCUT2D eigenvalue weighted by molar-refractivity contribution is 7.91. The van der Waals surface area contributed by atoms with Crippen LogP contribution in [0.5, 0.6) is 11.5 Å². The van der Waals surface area contributed by atoms with E-state index in [9.17, 15) is 22.4 Å². The van der Waals surface area contributed by atoms with Crippen LogP contribution in [0.2, 0.25) is 0 Å². The van der Waals surface area contributed by atoms with Gasteiger partial charge in [0.1, 0.15) is 30.0 Å². The van der Waals surface area contributed by atoms with Crippen LogP contribution in [0.3, 0.4) is 0 Å².